The fourth-order valence-electron chi connectivity index (χ4n) is 7.64. The molecule has 2 aromatic heterocycles. The number of aliphatic hydroxyl groups is 1. The molecule has 2 bridgehead atoms. The van der Waals surface area contributed by atoms with Gasteiger partial charge in [-0.1, -0.05) is 41.9 Å². The highest BCUT2D eigenvalue weighted by atomic mass is 35.5. The van der Waals surface area contributed by atoms with Gasteiger partial charge >= 0.3 is 6.01 Å². The molecule has 2 unspecified atom stereocenters. The van der Waals surface area contributed by atoms with Crippen LogP contribution in [0.4, 0.5) is 10.2 Å². The van der Waals surface area contributed by atoms with Crippen LogP contribution < -0.4 is 15.0 Å². The summed E-state index contributed by atoms with van der Waals surface area (Å²) in [6, 6.07) is 12.5. The van der Waals surface area contributed by atoms with Crippen LogP contribution in [0.5, 0.6) is 6.01 Å². The van der Waals surface area contributed by atoms with Gasteiger partial charge in [0.05, 0.1) is 10.9 Å². The number of rotatable bonds is 5. The van der Waals surface area contributed by atoms with Gasteiger partial charge in [-0.05, 0) is 63.1 Å². The summed E-state index contributed by atoms with van der Waals surface area (Å²) in [5, 5.41) is 13.6. The number of aliphatic hydroxyl groups excluding tert-OH is 1. The van der Waals surface area contributed by atoms with Crippen LogP contribution >= 0.6 is 11.6 Å². The van der Waals surface area contributed by atoms with E-state index in [-0.39, 0.29) is 22.8 Å². The van der Waals surface area contributed by atoms with Crippen LogP contribution in [0, 0.1) is 5.82 Å². The van der Waals surface area contributed by atoms with Crippen molar-refractivity contribution in [1.82, 2.24) is 25.2 Å². The van der Waals surface area contributed by atoms with E-state index in [0.29, 0.717) is 40.5 Å². The lowest BCUT2D eigenvalue weighted by atomic mass is 9.95. The molecule has 0 spiro atoms. The summed E-state index contributed by atoms with van der Waals surface area (Å²) in [5.74, 6) is 0.234. The second kappa shape index (κ2) is 11.2. The maximum Gasteiger partial charge on any atom is 0.319 e. The molecule has 0 radical (unpaired) electrons. The summed E-state index contributed by atoms with van der Waals surface area (Å²) in [6.45, 7) is 4.41. The lowest BCUT2D eigenvalue weighted by molar-refractivity contribution is 0.108. The molecule has 0 aliphatic carbocycles. The number of benzene rings is 2. The van der Waals surface area contributed by atoms with Crippen molar-refractivity contribution in [3.8, 4) is 17.3 Å². The Labute approximate surface area is 249 Å². The van der Waals surface area contributed by atoms with Gasteiger partial charge in [0.1, 0.15) is 23.6 Å². The minimum Gasteiger partial charge on any atom is -0.461 e. The van der Waals surface area contributed by atoms with Crippen LogP contribution in [0.15, 0.2) is 42.6 Å². The fraction of sp³-hybridized carbons (Fsp3) is 0.469. The van der Waals surface area contributed by atoms with Crippen molar-refractivity contribution in [2.24, 2.45) is 0 Å². The number of nitrogens with zero attached hydrogens (tertiary/aromatic N) is 5. The Kier molecular flexibility index (Phi) is 7.38. The molecule has 42 heavy (non-hydrogen) atoms. The highest BCUT2D eigenvalue weighted by Crippen LogP contribution is 2.40. The number of piperazine rings is 1. The van der Waals surface area contributed by atoms with E-state index in [1.807, 2.05) is 36.4 Å². The first-order valence-corrected chi connectivity index (χ1v) is 15.3. The molecule has 4 aliphatic rings. The topological polar surface area (TPSA) is 86.6 Å². The third-order valence-electron chi connectivity index (χ3n) is 9.55. The summed E-state index contributed by atoms with van der Waals surface area (Å²) >= 11 is 6.60. The molecule has 8 rings (SSSR count). The van der Waals surface area contributed by atoms with E-state index in [1.54, 1.807) is 6.20 Å². The summed E-state index contributed by atoms with van der Waals surface area (Å²) in [7, 11) is 1.00. The standard InChI is InChI=1S/C31H32ClFN6O.CH4O/c32-24-8-2-6-19-5-1-7-22(25(19)24)27-26(33)28-23(15-34-27)29(38-16-20-9-10-21(17-38)35-20)37-30(36-28)40-18-31-11-3-13-39(31)14-4-12-31;1-2/h1-2,5-8,15,20-21,35H,3-4,9-14,16-18H2;2H,1H3. The molecule has 0 amide bonds. The molecular weight excluding hydrogens is 555 g/mol. The Morgan fingerprint density at radius 1 is 1.05 bits per heavy atom. The number of fused-ring (bicyclic) bond motifs is 5. The minimum absolute atomic E-state index is 0.0499. The zero-order valence-corrected chi connectivity index (χ0v) is 24.6. The van der Waals surface area contributed by atoms with Crippen molar-refractivity contribution in [2.45, 2.75) is 56.1 Å². The van der Waals surface area contributed by atoms with E-state index in [2.05, 4.69) is 20.1 Å². The third kappa shape index (κ3) is 4.67. The van der Waals surface area contributed by atoms with Crippen LogP contribution in [0.25, 0.3) is 32.9 Å². The Morgan fingerprint density at radius 2 is 1.76 bits per heavy atom. The van der Waals surface area contributed by atoms with Gasteiger partial charge in [-0.25, -0.2) is 4.39 Å². The molecule has 2 N–H and O–H groups in total. The second-order valence-corrected chi connectivity index (χ2v) is 12.3. The molecule has 8 nitrogen and oxygen atoms in total. The smallest absolute Gasteiger partial charge is 0.319 e. The Balaban J connectivity index is 0.00000141. The number of nitrogens with one attached hydrogen (secondary N) is 1. The maximum absolute atomic E-state index is 16.6. The normalized spacial score (nSPS) is 22.8. The molecule has 10 heteroatoms. The number of anilines is 1. The number of halogens is 2. The van der Waals surface area contributed by atoms with Crippen molar-refractivity contribution in [3.05, 3.63) is 53.4 Å². The van der Waals surface area contributed by atoms with Crippen molar-refractivity contribution in [3.63, 3.8) is 0 Å². The van der Waals surface area contributed by atoms with Crippen LogP contribution in [-0.2, 0) is 0 Å². The summed E-state index contributed by atoms with van der Waals surface area (Å²) in [5.41, 5.74) is 1.18. The van der Waals surface area contributed by atoms with E-state index < -0.39 is 5.82 Å². The lowest BCUT2D eigenvalue weighted by Crippen LogP contribution is -2.51. The molecule has 4 fully saturated rings. The van der Waals surface area contributed by atoms with Gasteiger partial charge in [-0.15, -0.1) is 0 Å². The van der Waals surface area contributed by atoms with E-state index in [4.69, 9.17) is 31.4 Å². The van der Waals surface area contributed by atoms with Crippen molar-refractivity contribution >= 4 is 39.1 Å². The molecule has 4 aliphatic heterocycles. The predicted octanol–water partition coefficient (Wildman–Crippen LogP) is 5.19. The first-order chi connectivity index (χ1) is 20.6. The van der Waals surface area contributed by atoms with Gasteiger partial charge in [-0.2, -0.15) is 9.97 Å². The summed E-state index contributed by atoms with van der Waals surface area (Å²) < 4.78 is 23.0. The van der Waals surface area contributed by atoms with Crippen molar-refractivity contribution in [2.75, 3.05) is 44.8 Å². The van der Waals surface area contributed by atoms with Crippen LogP contribution in [0.3, 0.4) is 0 Å². The quantitative estimate of drug-likeness (QED) is 0.328. The SMILES string of the molecule is CO.Fc1c(-c2cccc3cccc(Cl)c23)ncc2c(N3CC4CCC(C3)N4)nc(OCC34CCCN3CCC4)nc12. The molecule has 4 saturated heterocycles. The molecule has 0 saturated carbocycles. The largest absolute Gasteiger partial charge is 0.461 e. The fourth-order valence-corrected chi connectivity index (χ4v) is 7.92. The van der Waals surface area contributed by atoms with E-state index >= 15 is 4.39 Å². The third-order valence-corrected chi connectivity index (χ3v) is 9.86. The van der Waals surface area contributed by atoms with Crippen molar-refractivity contribution < 1.29 is 14.2 Å². The predicted molar refractivity (Wildman–Crippen MR) is 164 cm³/mol. The van der Waals surface area contributed by atoms with E-state index in [0.717, 1.165) is 69.7 Å². The van der Waals surface area contributed by atoms with Crippen molar-refractivity contribution in [1.29, 1.82) is 0 Å². The van der Waals surface area contributed by atoms with Crippen LogP contribution in [0.2, 0.25) is 5.02 Å². The van der Waals surface area contributed by atoms with Gasteiger partial charge in [0.15, 0.2) is 5.82 Å². The van der Waals surface area contributed by atoms with Gasteiger partial charge < -0.3 is 20.1 Å². The molecule has 4 aromatic rings. The minimum atomic E-state index is -0.474. The zero-order chi connectivity index (χ0) is 28.8. The average Bonchev–Trinajstić information content (AvgIpc) is 3.70. The number of pyridine rings is 1. The highest BCUT2D eigenvalue weighted by Gasteiger charge is 2.45. The summed E-state index contributed by atoms with van der Waals surface area (Å²) in [6.07, 6.45) is 8.63. The van der Waals surface area contributed by atoms with E-state index in [9.17, 15) is 0 Å². The number of aromatic nitrogens is 3. The lowest BCUT2D eigenvalue weighted by Gasteiger charge is -2.34. The maximum atomic E-state index is 16.6. The first-order valence-electron chi connectivity index (χ1n) is 15.0. The average molecular weight is 591 g/mol. The number of hydrogen-bond acceptors (Lipinski definition) is 8. The molecular formula is C32H36ClFN6O2. The molecule has 2 aromatic carbocycles. The molecule has 220 valence electrons. The van der Waals surface area contributed by atoms with Gasteiger partial charge in [0.2, 0.25) is 0 Å². The second-order valence-electron chi connectivity index (χ2n) is 11.9. The zero-order valence-electron chi connectivity index (χ0n) is 23.8. The molecule has 2 atom stereocenters. The number of ether oxygens (including phenoxy) is 1. The monoisotopic (exact) mass is 590 g/mol. The Hall–Kier alpha value is -3.11. The number of hydrogen-bond donors (Lipinski definition) is 2. The van der Waals surface area contributed by atoms with Crippen LogP contribution in [-0.4, -0.2) is 82.5 Å². The highest BCUT2D eigenvalue weighted by molar-refractivity contribution is 6.36. The van der Waals surface area contributed by atoms with Gasteiger partial charge in [0.25, 0.3) is 0 Å². The van der Waals surface area contributed by atoms with Gasteiger partial charge in [0, 0.05) is 54.5 Å². The van der Waals surface area contributed by atoms with E-state index in [1.165, 1.54) is 12.8 Å². The Morgan fingerprint density at radius 3 is 2.50 bits per heavy atom. The Bertz CT molecular complexity index is 1610. The van der Waals surface area contributed by atoms with Crippen LogP contribution in [0.1, 0.15) is 38.5 Å². The molecule has 6 heterocycles. The van der Waals surface area contributed by atoms with Gasteiger partial charge in [-0.3, -0.25) is 9.88 Å². The summed E-state index contributed by atoms with van der Waals surface area (Å²) in [4.78, 5) is 19.1. The first kappa shape index (κ1) is 27.7.